The Morgan fingerprint density at radius 2 is 1.85 bits per heavy atom. The fourth-order valence-corrected chi connectivity index (χ4v) is 5.13. The number of ether oxygens (including phenoxy) is 1. The maximum Gasteiger partial charge on any atom is 0.319 e. The first-order chi connectivity index (χ1) is 18.7. The van der Waals surface area contributed by atoms with Crippen molar-refractivity contribution in [1.82, 2.24) is 24.8 Å². The molecule has 0 aliphatic carbocycles. The Morgan fingerprint density at radius 1 is 1.08 bits per heavy atom. The topological polar surface area (TPSA) is 86.7 Å². The van der Waals surface area contributed by atoms with Crippen LogP contribution in [0.3, 0.4) is 0 Å². The molecule has 2 aromatic heterocycles. The Labute approximate surface area is 226 Å². The van der Waals surface area contributed by atoms with Gasteiger partial charge in [-0.05, 0) is 56.4 Å². The lowest BCUT2D eigenvalue weighted by atomic mass is 9.90. The monoisotopic (exact) mass is 537 g/mol. The summed E-state index contributed by atoms with van der Waals surface area (Å²) < 4.78 is 35.3. The largest absolute Gasteiger partial charge is 0.486 e. The minimum absolute atomic E-state index is 0.0147. The van der Waals surface area contributed by atoms with Gasteiger partial charge in [0.05, 0.1) is 18.4 Å². The highest BCUT2D eigenvalue weighted by Gasteiger charge is 2.27. The number of halogens is 2. The fourth-order valence-electron chi connectivity index (χ4n) is 5.13. The Balaban J connectivity index is 1.31. The molecule has 2 amide bonds. The van der Waals surface area contributed by atoms with Crippen LogP contribution >= 0.6 is 0 Å². The number of likely N-dealkylation sites (tertiary alicyclic amines) is 1. The van der Waals surface area contributed by atoms with Gasteiger partial charge in [0.2, 0.25) is 5.95 Å². The summed E-state index contributed by atoms with van der Waals surface area (Å²) in [6.45, 7) is 6.44. The van der Waals surface area contributed by atoms with Crippen LogP contribution in [0.5, 0.6) is 5.75 Å². The predicted octanol–water partition coefficient (Wildman–Crippen LogP) is 5.03. The number of nitrogens with zero attached hydrogens (tertiary/aromatic N) is 6. The average Bonchev–Trinajstić information content (AvgIpc) is 2.93. The van der Waals surface area contributed by atoms with Crippen molar-refractivity contribution in [2.45, 2.75) is 38.6 Å². The van der Waals surface area contributed by atoms with Crippen LogP contribution in [-0.2, 0) is 0 Å². The molecule has 0 atom stereocenters. The van der Waals surface area contributed by atoms with Gasteiger partial charge in [0, 0.05) is 45.0 Å². The lowest BCUT2D eigenvalue weighted by molar-refractivity contribution is 0.156. The SMILES string of the molecule is CC(C)N1CCOc2c(F)cc(-c3nc(Nc4ccc(C5CCN(C(=O)N(C)C)CC5)cn4)ncc3F)cc21. The van der Waals surface area contributed by atoms with E-state index in [9.17, 15) is 13.6 Å². The molecule has 0 saturated carbocycles. The van der Waals surface area contributed by atoms with Crippen LogP contribution in [0.4, 0.5) is 31.0 Å². The van der Waals surface area contributed by atoms with E-state index >= 15 is 0 Å². The minimum Gasteiger partial charge on any atom is -0.486 e. The summed E-state index contributed by atoms with van der Waals surface area (Å²) in [5, 5.41) is 3.02. The van der Waals surface area contributed by atoms with Crippen LogP contribution in [0.1, 0.15) is 38.2 Å². The Morgan fingerprint density at radius 3 is 2.51 bits per heavy atom. The lowest BCUT2D eigenvalue weighted by Crippen LogP contribution is -2.43. The average molecular weight is 538 g/mol. The first-order valence-electron chi connectivity index (χ1n) is 13.2. The minimum atomic E-state index is -0.657. The number of pyridine rings is 1. The third-order valence-corrected chi connectivity index (χ3v) is 7.20. The number of benzene rings is 1. The summed E-state index contributed by atoms with van der Waals surface area (Å²) in [7, 11) is 3.52. The van der Waals surface area contributed by atoms with Crippen LogP contribution in [-0.4, -0.2) is 77.2 Å². The second-order valence-corrected chi connectivity index (χ2v) is 10.4. The van der Waals surface area contributed by atoms with Gasteiger partial charge in [-0.25, -0.2) is 28.5 Å². The van der Waals surface area contributed by atoms with Crippen molar-refractivity contribution in [3.63, 3.8) is 0 Å². The summed E-state index contributed by atoms with van der Waals surface area (Å²) in [6, 6.07) is 6.92. The molecule has 1 N–H and O–H groups in total. The van der Waals surface area contributed by atoms with Crippen molar-refractivity contribution in [2.24, 2.45) is 0 Å². The molecule has 5 rings (SSSR count). The first-order valence-corrected chi connectivity index (χ1v) is 13.2. The van der Waals surface area contributed by atoms with Crippen LogP contribution in [0.2, 0.25) is 0 Å². The van der Waals surface area contributed by atoms with Crippen LogP contribution < -0.4 is 15.0 Å². The number of hydrogen-bond donors (Lipinski definition) is 1. The number of anilines is 3. The van der Waals surface area contributed by atoms with Crippen molar-refractivity contribution in [1.29, 1.82) is 0 Å². The van der Waals surface area contributed by atoms with E-state index in [2.05, 4.69) is 20.3 Å². The van der Waals surface area contributed by atoms with Crippen molar-refractivity contribution in [2.75, 3.05) is 50.6 Å². The fraction of sp³-hybridized carbons (Fsp3) is 0.429. The van der Waals surface area contributed by atoms with E-state index in [0.29, 0.717) is 49.2 Å². The smallest absolute Gasteiger partial charge is 0.319 e. The highest BCUT2D eigenvalue weighted by molar-refractivity contribution is 5.74. The number of amides is 2. The van der Waals surface area contributed by atoms with E-state index in [0.717, 1.165) is 24.6 Å². The number of rotatable bonds is 5. The molecular formula is C28H33F2N7O2. The zero-order valence-electron chi connectivity index (χ0n) is 22.6. The molecule has 9 nitrogen and oxygen atoms in total. The summed E-state index contributed by atoms with van der Waals surface area (Å²) >= 11 is 0. The van der Waals surface area contributed by atoms with Gasteiger partial charge in [-0.15, -0.1) is 0 Å². The third-order valence-electron chi connectivity index (χ3n) is 7.20. The molecule has 0 spiro atoms. The second kappa shape index (κ2) is 11.0. The summed E-state index contributed by atoms with van der Waals surface area (Å²) in [6.07, 6.45) is 4.61. The molecule has 0 radical (unpaired) electrons. The number of urea groups is 1. The van der Waals surface area contributed by atoms with Gasteiger partial charge in [0.15, 0.2) is 17.4 Å². The van der Waals surface area contributed by atoms with E-state index in [-0.39, 0.29) is 29.5 Å². The third kappa shape index (κ3) is 5.57. The maximum atomic E-state index is 15.0. The van der Waals surface area contributed by atoms with Gasteiger partial charge < -0.3 is 24.8 Å². The number of carbonyl (C=O) groups excluding carboxylic acids is 1. The van der Waals surface area contributed by atoms with Crippen molar-refractivity contribution in [3.8, 4) is 17.0 Å². The van der Waals surface area contributed by atoms with Gasteiger partial charge in [-0.2, -0.15) is 0 Å². The molecule has 2 aliphatic rings. The van der Waals surface area contributed by atoms with Crippen LogP contribution in [0.15, 0.2) is 36.7 Å². The lowest BCUT2D eigenvalue weighted by Gasteiger charge is -2.34. The van der Waals surface area contributed by atoms with Crippen LogP contribution in [0.25, 0.3) is 11.3 Å². The molecule has 39 heavy (non-hydrogen) atoms. The maximum absolute atomic E-state index is 15.0. The molecule has 206 valence electrons. The molecule has 0 bridgehead atoms. The van der Waals surface area contributed by atoms with E-state index in [1.54, 1.807) is 31.3 Å². The molecule has 4 heterocycles. The number of carbonyl (C=O) groups is 1. The number of hydrogen-bond acceptors (Lipinski definition) is 7. The standard InChI is InChI=1S/C28H33F2N7O2/c1-17(2)37-11-12-39-26-21(29)13-20(14-23(26)37)25-22(30)16-32-27(34-25)33-24-6-5-19(15-31-24)18-7-9-36(10-8-18)28(38)35(3)4/h5-6,13-18H,7-12H2,1-4H3,(H,31,32,33,34). The summed E-state index contributed by atoms with van der Waals surface area (Å²) in [5.41, 5.74) is 1.96. The van der Waals surface area contributed by atoms with E-state index in [4.69, 9.17) is 4.74 Å². The second-order valence-electron chi connectivity index (χ2n) is 10.4. The molecule has 11 heteroatoms. The predicted molar refractivity (Wildman–Crippen MR) is 146 cm³/mol. The highest BCUT2D eigenvalue weighted by Crippen LogP contribution is 2.39. The van der Waals surface area contributed by atoms with E-state index < -0.39 is 11.6 Å². The van der Waals surface area contributed by atoms with E-state index in [1.165, 1.54) is 6.07 Å². The van der Waals surface area contributed by atoms with Gasteiger partial charge >= 0.3 is 6.03 Å². The number of nitrogens with one attached hydrogen (secondary N) is 1. The Bertz CT molecular complexity index is 1340. The van der Waals surface area contributed by atoms with Gasteiger partial charge in [-0.3, -0.25) is 0 Å². The summed E-state index contributed by atoms with van der Waals surface area (Å²) in [4.78, 5) is 30.6. The molecule has 0 unspecified atom stereocenters. The normalized spacial score (nSPS) is 15.7. The Hall–Kier alpha value is -4.02. The van der Waals surface area contributed by atoms with Crippen LogP contribution in [0, 0.1) is 11.6 Å². The van der Waals surface area contributed by atoms with Gasteiger partial charge in [-0.1, -0.05) is 6.07 Å². The van der Waals surface area contributed by atoms with Crippen molar-refractivity contribution in [3.05, 3.63) is 53.9 Å². The molecule has 3 aromatic rings. The van der Waals surface area contributed by atoms with Crippen molar-refractivity contribution < 1.29 is 18.3 Å². The number of fused-ring (bicyclic) bond motifs is 1. The quantitative estimate of drug-likeness (QED) is 0.489. The molecule has 1 saturated heterocycles. The highest BCUT2D eigenvalue weighted by atomic mass is 19.1. The van der Waals surface area contributed by atoms with Gasteiger partial charge in [0.25, 0.3) is 0 Å². The van der Waals surface area contributed by atoms with Gasteiger partial charge in [0.1, 0.15) is 18.1 Å². The molecule has 1 aromatic carbocycles. The van der Waals surface area contributed by atoms with Crippen molar-refractivity contribution >= 4 is 23.5 Å². The zero-order chi connectivity index (χ0) is 27.7. The Kier molecular flexibility index (Phi) is 7.49. The number of piperidine rings is 1. The first kappa shape index (κ1) is 26.6. The summed E-state index contributed by atoms with van der Waals surface area (Å²) in [5.74, 6) is -0.0695. The molecule has 1 fully saturated rings. The van der Waals surface area contributed by atoms with E-state index in [1.807, 2.05) is 35.8 Å². The zero-order valence-corrected chi connectivity index (χ0v) is 22.6. The molecular weight excluding hydrogens is 504 g/mol. The molecule has 2 aliphatic heterocycles. The number of aromatic nitrogens is 3.